The van der Waals surface area contributed by atoms with Crippen molar-refractivity contribution < 1.29 is 4.74 Å². The Morgan fingerprint density at radius 1 is 1.38 bits per heavy atom. The highest BCUT2D eigenvalue weighted by Crippen LogP contribution is 2.37. The first-order valence-corrected chi connectivity index (χ1v) is 7.02. The highest BCUT2D eigenvalue weighted by Gasteiger charge is 2.18. The monoisotopic (exact) mass is 342 g/mol. The molecule has 0 saturated carbocycles. The summed E-state index contributed by atoms with van der Waals surface area (Å²) < 4.78 is 5.89. The Kier molecular flexibility index (Phi) is 3.35. The molecule has 3 aromatic rings. The Bertz CT molecular complexity index is 879. The van der Waals surface area contributed by atoms with E-state index in [4.69, 9.17) is 4.74 Å². The first-order chi connectivity index (χ1) is 10.2. The Labute approximate surface area is 129 Å². The van der Waals surface area contributed by atoms with E-state index in [9.17, 15) is 5.26 Å². The third-order valence-electron chi connectivity index (χ3n) is 3.37. The number of aromatic amines is 1. The molecule has 104 valence electrons. The van der Waals surface area contributed by atoms with E-state index in [1.165, 1.54) is 0 Å². The molecule has 0 bridgehead atoms. The number of nitriles is 1. The van der Waals surface area contributed by atoms with Crippen LogP contribution in [-0.4, -0.2) is 22.1 Å². The van der Waals surface area contributed by atoms with E-state index < -0.39 is 0 Å². The highest BCUT2D eigenvalue weighted by molar-refractivity contribution is 9.10. The maximum Gasteiger partial charge on any atom is 0.229 e. The molecule has 5 nitrogen and oxygen atoms in total. The average molecular weight is 343 g/mol. The molecular weight excluding hydrogens is 332 g/mol. The molecule has 3 aromatic heterocycles. The lowest BCUT2D eigenvalue weighted by molar-refractivity contribution is 0.396. The smallest absolute Gasteiger partial charge is 0.229 e. The van der Waals surface area contributed by atoms with Gasteiger partial charge in [-0.3, -0.25) is 4.98 Å². The Balaban J connectivity index is 2.37. The molecule has 0 aliphatic heterocycles. The number of hydrogen-bond donors (Lipinski definition) is 1. The largest absolute Gasteiger partial charge is 0.480 e. The zero-order valence-electron chi connectivity index (χ0n) is 11.4. The predicted molar refractivity (Wildman–Crippen MR) is 83.0 cm³/mol. The van der Waals surface area contributed by atoms with Gasteiger partial charge in [0, 0.05) is 29.5 Å². The molecule has 0 aliphatic rings. The zero-order valence-corrected chi connectivity index (χ0v) is 13.0. The van der Waals surface area contributed by atoms with Gasteiger partial charge in [0.1, 0.15) is 10.5 Å². The Hall–Kier alpha value is -2.39. The third-order valence-corrected chi connectivity index (χ3v) is 4.11. The maximum absolute atomic E-state index is 9.51. The molecule has 0 aliphatic carbocycles. The first kappa shape index (κ1) is 13.6. The molecule has 0 spiro atoms. The minimum atomic E-state index is 0.475. The Morgan fingerprint density at radius 3 is 2.86 bits per heavy atom. The van der Waals surface area contributed by atoms with Crippen molar-refractivity contribution in [3.8, 4) is 23.2 Å². The van der Waals surface area contributed by atoms with Crippen molar-refractivity contribution in [3.63, 3.8) is 0 Å². The number of nitrogens with zero attached hydrogens (tertiary/aromatic N) is 3. The molecule has 3 heterocycles. The van der Waals surface area contributed by atoms with Crippen LogP contribution in [0.1, 0.15) is 11.1 Å². The summed E-state index contributed by atoms with van der Waals surface area (Å²) in [5.74, 6) is 0.475. The molecule has 0 radical (unpaired) electrons. The normalized spacial score (nSPS) is 10.6. The maximum atomic E-state index is 9.51. The fourth-order valence-corrected chi connectivity index (χ4v) is 2.87. The summed E-state index contributed by atoms with van der Waals surface area (Å²) in [5.41, 5.74) is 4.03. The first-order valence-electron chi connectivity index (χ1n) is 6.22. The van der Waals surface area contributed by atoms with E-state index >= 15 is 0 Å². The number of nitrogens with one attached hydrogen (secondary N) is 1. The van der Waals surface area contributed by atoms with Gasteiger partial charge in [0.05, 0.1) is 23.9 Å². The SMILES string of the molecule is COc1ncc2c(C#N)c(-c3cnccc3C)[nH]c2c1Br. The van der Waals surface area contributed by atoms with Crippen molar-refractivity contribution in [2.24, 2.45) is 0 Å². The quantitative estimate of drug-likeness (QED) is 0.772. The molecule has 0 fully saturated rings. The third kappa shape index (κ3) is 2.06. The van der Waals surface area contributed by atoms with Gasteiger partial charge in [-0.1, -0.05) is 0 Å². The summed E-state index contributed by atoms with van der Waals surface area (Å²) in [6, 6.07) is 4.16. The second-order valence-corrected chi connectivity index (χ2v) is 5.34. The van der Waals surface area contributed by atoms with Crippen LogP contribution in [-0.2, 0) is 0 Å². The second-order valence-electron chi connectivity index (χ2n) is 4.55. The van der Waals surface area contributed by atoms with Gasteiger partial charge in [-0.05, 0) is 34.5 Å². The van der Waals surface area contributed by atoms with Gasteiger partial charge >= 0.3 is 0 Å². The zero-order chi connectivity index (χ0) is 15.0. The predicted octanol–water partition coefficient (Wildman–Crippen LogP) is 3.58. The number of rotatable bonds is 2. The number of ether oxygens (including phenoxy) is 1. The van der Waals surface area contributed by atoms with Crippen LogP contribution in [0.15, 0.2) is 29.1 Å². The van der Waals surface area contributed by atoms with Crippen LogP contribution in [0.2, 0.25) is 0 Å². The minimum Gasteiger partial charge on any atom is -0.480 e. The van der Waals surface area contributed by atoms with Crippen molar-refractivity contribution in [1.82, 2.24) is 15.0 Å². The number of hydrogen-bond acceptors (Lipinski definition) is 4. The number of pyridine rings is 2. The van der Waals surface area contributed by atoms with Crippen LogP contribution in [0, 0.1) is 18.3 Å². The summed E-state index contributed by atoms with van der Waals surface area (Å²) in [6.45, 7) is 1.98. The molecular formula is C15H11BrN4O. The standard InChI is InChI=1S/C15H11BrN4O/c1-8-3-4-18-6-10(8)13-9(5-17)11-7-19-15(21-2)12(16)14(11)20-13/h3-4,6-7,20H,1-2H3. The molecule has 0 unspecified atom stereocenters. The number of H-pyrrole nitrogens is 1. The van der Waals surface area contributed by atoms with Gasteiger partial charge in [-0.25, -0.2) is 4.98 Å². The number of methoxy groups -OCH3 is 1. The fourth-order valence-electron chi connectivity index (χ4n) is 2.29. The number of aromatic nitrogens is 3. The summed E-state index contributed by atoms with van der Waals surface area (Å²) >= 11 is 3.47. The van der Waals surface area contributed by atoms with Crippen molar-refractivity contribution in [2.75, 3.05) is 7.11 Å². The molecule has 0 saturated heterocycles. The fraction of sp³-hybridized carbons (Fsp3) is 0.133. The van der Waals surface area contributed by atoms with E-state index in [1.54, 1.807) is 25.7 Å². The lowest BCUT2D eigenvalue weighted by Gasteiger charge is -2.02. The lowest BCUT2D eigenvalue weighted by atomic mass is 10.0. The van der Waals surface area contributed by atoms with Crippen LogP contribution in [0.3, 0.4) is 0 Å². The van der Waals surface area contributed by atoms with Gasteiger partial charge < -0.3 is 9.72 Å². The van der Waals surface area contributed by atoms with Crippen molar-refractivity contribution >= 4 is 26.8 Å². The van der Waals surface area contributed by atoms with Gasteiger partial charge in [0.2, 0.25) is 5.88 Å². The van der Waals surface area contributed by atoms with Crippen LogP contribution in [0.5, 0.6) is 5.88 Å². The molecule has 3 rings (SSSR count). The second kappa shape index (κ2) is 5.19. The molecule has 1 N–H and O–H groups in total. The molecule has 6 heteroatoms. The summed E-state index contributed by atoms with van der Waals surface area (Å²) in [7, 11) is 1.55. The number of halogens is 1. The summed E-state index contributed by atoms with van der Waals surface area (Å²) in [4.78, 5) is 11.6. The van der Waals surface area contributed by atoms with Crippen molar-refractivity contribution in [1.29, 1.82) is 5.26 Å². The average Bonchev–Trinajstić information content (AvgIpc) is 2.87. The number of aryl methyl sites for hydroxylation is 1. The van der Waals surface area contributed by atoms with Crippen molar-refractivity contribution in [2.45, 2.75) is 6.92 Å². The van der Waals surface area contributed by atoms with Crippen molar-refractivity contribution in [3.05, 3.63) is 40.3 Å². The van der Waals surface area contributed by atoms with E-state index in [0.717, 1.165) is 27.7 Å². The molecule has 21 heavy (non-hydrogen) atoms. The molecule has 0 aromatic carbocycles. The van der Waals surface area contributed by atoms with Crippen LogP contribution >= 0.6 is 15.9 Å². The Morgan fingerprint density at radius 2 is 2.19 bits per heavy atom. The highest BCUT2D eigenvalue weighted by atomic mass is 79.9. The van der Waals surface area contributed by atoms with E-state index in [2.05, 4.69) is 37.0 Å². The lowest BCUT2D eigenvalue weighted by Crippen LogP contribution is -1.88. The molecule has 0 atom stereocenters. The van der Waals surface area contributed by atoms with Gasteiger partial charge in [0.25, 0.3) is 0 Å². The van der Waals surface area contributed by atoms with Crippen LogP contribution in [0.25, 0.3) is 22.2 Å². The van der Waals surface area contributed by atoms with Crippen LogP contribution < -0.4 is 4.74 Å². The summed E-state index contributed by atoms with van der Waals surface area (Å²) in [6.07, 6.45) is 5.12. The van der Waals surface area contributed by atoms with Crippen LogP contribution in [0.4, 0.5) is 0 Å². The molecule has 0 amide bonds. The van der Waals surface area contributed by atoms with Gasteiger partial charge in [-0.15, -0.1) is 0 Å². The van der Waals surface area contributed by atoms with E-state index in [-0.39, 0.29) is 0 Å². The van der Waals surface area contributed by atoms with Gasteiger partial charge in [-0.2, -0.15) is 5.26 Å². The van der Waals surface area contributed by atoms with Gasteiger partial charge in [0.15, 0.2) is 0 Å². The topological polar surface area (TPSA) is 74.6 Å². The number of fused-ring (bicyclic) bond motifs is 1. The van der Waals surface area contributed by atoms with E-state index in [0.29, 0.717) is 15.9 Å². The van der Waals surface area contributed by atoms with E-state index in [1.807, 2.05) is 13.0 Å². The summed E-state index contributed by atoms with van der Waals surface area (Å²) in [5, 5.41) is 10.3. The minimum absolute atomic E-state index is 0.475.